The molecule has 3 rings (SSSR count). The molecule has 7 heteroatoms. The van der Waals surface area contributed by atoms with Gasteiger partial charge in [-0.3, -0.25) is 15.5 Å². The van der Waals surface area contributed by atoms with E-state index in [9.17, 15) is 4.79 Å². The molecule has 0 radical (unpaired) electrons. The Balaban J connectivity index is 2.06. The fraction of sp³-hybridized carbons (Fsp3) is 0.214. The summed E-state index contributed by atoms with van der Waals surface area (Å²) in [4.78, 5) is 20.7. The molecule has 1 amide bonds. The number of fused-ring (bicyclic) bond motifs is 1. The van der Waals surface area contributed by atoms with Crippen LogP contribution in [0.3, 0.4) is 0 Å². The number of aromatic amines is 1. The van der Waals surface area contributed by atoms with Gasteiger partial charge in [0.15, 0.2) is 6.29 Å². The van der Waals surface area contributed by atoms with Gasteiger partial charge in [0.05, 0.1) is 24.2 Å². The van der Waals surface area contributed by atoms with Gasteiger partial charge in [-0.15, -0.1) is 0 Å². The molecule has 0 aliphatic carbocycles. The highest BCUT2D eigenvalue weighted by molar-refractivity contribution is 6.00. The molecule has 3 heterocycles. The number of nitriles is 1. The van der Waals surface area contributed by atoms with Crippen molar-refractivity contribution in [2.75, 3.05) is 4.90 Å². The van der Waals surface area contributed by atoms with Crippen molar-refractivity contribution in [2.24, 2.45) is 5.73 Å². The monoisotopic (exact) mass is 282 g/mol. The van der Waals surface area contributed by atoms with Crippen molar-refractivity contribution in [3.8, 4) is 6.07 Å². The van der Waals surface area contributed by atoms with Gasteiger partial charge in [0, 0.05) is 18.6 Å². The maximum absolute atomic E-state index is 11.9. The van der Waals surface area contributed by atoms with Crippen molar-refractivity contribution >= 4 is 11.6 Å². The van der Waals surface area contributed by atoms with E-state index in [1.807, 2.05) is 17.0 Å². The van der Waals surface area contributed by atoms with E-state index >= 15 is 0 Å². The Kier molecular flexibility index (Phi) is 3.30. The van der Waals surface area contributed by atoms with E-state index < -0.39 is 6.29 Å². The van der Waals surface area contributed by atoms with Gasteiger partial charge < -0.3 is 15.2 Å². The zero-order valence-electron chi connectivity index (χ0n) is 11.2. The second-order valence-corrected chi connectivity index (χ2v) is 4.73. The molecule has 106 valence electrons. The zero-order valence-corrected chi connectivity index (χ0v) is 11.2. The van der Waals surface area contributed by atoms with E-state index in [2.05, 4.69) is 21.4 Å². The summed E-state index contributed by atoms with van der Waals surface area (Å²) in [5, 5.41) is 11.8. The second kappa shape index (κ2) is 5.26. The summed E-state index contributed by atoms with van der Waals surface area (Å²) in [5.41, 5.74) is 8.07. The number of nitrogens with zero attached hydrogens (tertiary/aromatic N) is 3. The normalized spacial score (nSPS) is 18.6. The average molecular weight is 282 g/mol. The van der Waals surface area contributed by atoms with Gasteiger partial charge >= 0.3 is 0 Å². The fourth-order valence-electron chi connectivity index (χ4n) is 2.58. The van der Waals surface area contributed by atoms with Gasteiger partial charge in [-0.1, -0.05) is 6.07 Å². The highest BCUT2D eigenvalue weighted by Gasteiger charge is 2.34. The van der Waals surface area contributed by atoms with Crippen molar-refractivity contribution in [1.29, 1.82) is 5.26 Å². The lowest BCUT2D eigenvalue weighted by molar-refractivity contribution is 0.0921. The lowest BCUT2D eigenvalue weighted by Gasteiger charge is -2.40. The van der Waals surface area contributed by atoms with Crippen LogP contribution in [0.25, 0.3) is 0 Å². The van der Waals surface area contributed by atoms with Crippen molar-refractivity contribution in [2.45, 2.75) is 18.8 Å². The highest BCUT2D eigenvalue weighted by Crippen LogP contribution is 2.34. The average Bonchev–Trinajstić information content (AvgIpc) is 2.97. The molecule has 0 bridgehead atoms. The first kappa shape index (κ1) is 13.1. The van der Waals surface area contributed by atoms with Crippen LogP contribution in [-0.4, -0.2) is 22.2 Å². The molecule has 0 saturated carbocycles. The van der Waals surface area contributed by atoms with Gasteiger partial charge in [0.25, 0.3) is 5.91 Å². The third-order valence-corrected chi connectivity index (χ3v) is 3.50. The molecule has 4 N–H and O–H groups in total. The number of nitrogens with two attached hydrogens (primary N) is 1. The van der Waals surface area contributed by atoms with E-state index in [-0.39, 0.29) is 18.4 Å². The van der Waals surface area contributed by atoms with Crippen LogP contribution in [0.1, 0.15) is 28.5 Å². The van der Waals surface area contributed by atoms with Gasteiger partial charge in [-0.2, -0.15) is 5.26 Å². The SMILES string of the molecule is N#CCC(c1cccnc1)N1c2cc[nH]c2C(=O)NC1N. The molecule has 2 unspecified atom stereocenters. The Morgan fingerprint density at radius 2 is 2.38 bits per heavy atom. The number of amides is 1. The summed E-state index contributed by atoms with van der Waals surface area (Å²) in [6.07, 6.45) is 4.60. The molecule has 0 fully saturated rings. The minimum Gasteiger partial charge on any atom is -0.355 e. The maximum atomic E-state index is 11.9. The second-order valence-electron chi connectivity index (χ2n) is 4.73. The van der Waals surface area contributed by atoms with Crippen LogP contribution in [0.4, 0.5) is 5.69 Å². The Morgan fingerprint density at radius 3 is 3.10 bits per heavy atom. The zero-order chi connectivity index (χ0) is 14.8. The van der Waals surface area contributed by atoms with Gasteiger partial charge in [0.1, 0.15) is 5.69 Å². The molecule has 2 aromatic rings. The van der Waals surface area contributed by atoms with E-state index in [1.54, 1.807) is 24.7 Å². The summed E-state index contributed by atoms with van der Waals surface area (Å²) in [6, 6.07) is 7.38. The number of H-pyrrole nitrogens is 1. The number of nitrogens with one attached hydrogen (secondary N) is 2. The number of anilines is 1. The molecule has 2 aromatic heterocycles. The smallest absolute Gasteiger partial charge is 0.272 e. The molecule has 1 aliphatic rings. The van der Waals surface area contributed by atoms with E-state index in [0.717, 1.165) is 5.56 Å². The summed E-state index contributed by atoms with van der Waals surface area (Å²) in [6.45, 7) is 0. The third kappa shape index (κ3) is 2.22. The molecule has 2 atom stereocenters. The number of carbonyl (C=O) groups is 1. The van der Waals surface area contributed by atoms with Crippen molar-refractivity contribution < 1.29 is 4.79 Å². The lowest BCUT2D eigenvalue weighted by Crippen LogP contribution is -2.58. The molecule has 1 aliphatic heterocycles. The van der Waals surface area contributed by atoms with Gasteiger partial charge in [0.2, 0.25) is 0 Å². The fourth-order valence-corrected chi connectivity index (χ4v) is 2.58. The summed E-state index contributed by atoms with van der Waals surface area (Å²) in [7, 11) is 0. The lowest BCUT2D eigenvalue weighted by atomic mass is 10.0. The molecular weight excluding hydrogens is 268 g/mol. The summed E-state index contributed by atoms with van der Waals surface area (Å²) >= 11 is 0. The van der Waals surface area contributed by atoms with Crippen molar-refractivity contribution in [3.05, 3.63) is 48.0 Å². The molecule has 0 saturated heterocycles. The molecule has 0 spiro atoms. The minimum atomic E-state index is -0.695. The maximum Gasteiger partial charge on any atom is 0.272 e. The standard InChI is InChI=1S/C14H14N6O/c15-5-3-10(9-2-1-6-17-8-9)20-11-4-7-18-12(11)13(21)19-14(20)16/h1-2,4,6-8,10,14,18H,3,16H2,(H,19,21). The first-order chi connectivity index (χ1) is 10.2. The molecule has 0 aromatic carbocycles. The number of hydrogen-bond acceptors (Lipinski definition) is 5. The molecule has 7 nitrogen and oxygen atoms in total. The Bertz CT molecular complexity index is 689. The predicted molar refractivity (Wildman–Crippen MR) is 75.9 cm³/mol. The van der Waals surface area contributed by atoms with E-state index in [4.69, 9.17) is 11.0 Å². The van der Waals surface area contributed by atoms with Crippen LogP contribution < -0.4 is 16.0 Å². The summed E-state index contributed by atoms with van der Waals surface area (Å²) < 4.78 is 0. The van der Waals surface area contributed by atoms with Crippen LogP contribution in [0.15, 0.2) is 36.8 Å². The number of rotatable bonds is 3. The number of hydrogen-bond donors (Lipinski definition) is 3. The Morgan fingerprint density at radius 1 is 1.52 bits per heavy atom. The largest absolute Gasteiger partial charge is 0.355 e. The van der Waals surface area contributed by atoms with Crippen molar-refractivity contribution in [1.82, 2.24) is 15.3 Å². The van der Waals surface area contributed by atoms with E-state index in [1.165, 1.54) is 0 Å². The highest BCUT2D eigenvalue weighted by atomic mass is 16.2. The predicted octanol–water partition coefficient (Wildman–Crippen LogP) is 0.857. The van der Waals surface area contributed by atoms with Crippen LogP contribution in [0, 0.1) is 11.3 Å². The Hall–Kier alpha value is -2.85. The van der Waals surface area contributed by atoms with Crippen molar-refractivity contribution in [3.63, 3.8) is 0 Å². The van der Waals surface area contributed by atoms with Gasteiger partial charge in [-0.25, -0.2) is 0 Å². The van der Waals surface area contributed by atoms with Crippen LogP contribution in [-0.2, 0) is 0 Å². The van der Waals surface area contributed by atoms with Crippen LogP contribution >= 0.6 is 0 Å². The van der Waals surface area contributed by atoms with Crippen LogP contribution in [0.2, 0.25) is 0 Å². The molecular formula is C14H14N6O. The first-order valence-electron chi connectivity index (χ1n) is 6.51. The molecule has 21 heavy (non-hydrogen) atoms. The summed E-state index contributed by atoms with van der Waals surface area (Å²) in [5.74, 6) is -0.249. The van der Waals surface area contributed by atoms with Gasteiger partial charge in [-0.05, 0) is 17.7 Å². The van der Waals surface area contributed by atoms with E-state index in [0.29, 0.717) is 11.4 Å². The third-order valence-electron chi connectivity index (χ3n) is 3.50. The van der Waals surface area contributed by atoms with Crippen LogP contribution in [0.5, 0.6) is 0 Å². The number of pyridine rings is 1. The minimum absolute atomic E-state index is 0.236. The number of carbonyl (C=O) groups excluding carboxylic acids is 1. The first-order valence-corrected chi connectivity index (χ1v) is 6.51. The number of aromatic nitrogens is 2. The Labute approximate surface area is 121 Å². The topological polar surface area (TPSA) is 111 Å². The quantitative estimate of drug-likeness (QED) is 0.773.